The van der Waals surface area contributed by atoms with Crippen LogP contribution in [0.2, 0.25) is 0 Å². The minimum Gasteiger partial charge on any atom is -0.481 e. The van der Waals surface area contributed by atoms with Gasteiger partial charge in [-0.25, -0.2) is 0 Å². The minimum absolute atomic E-state index is 0.0623. The number of carbonyl (C=O) groups is 8. The lowest BCUT2D eigenvalue weighted by atomic mass is 10.0. The van der Waals surface area contributed by atoms with E-state index in [-0.39, 0.29) is 44.6 Å². The predicted molar refractivity (Wildman–Crippen MR) is 188 cm³/mol. The van der Waals surface area contributed by atoms with E-state index in [4.69, 9.17) is 27.4 Å². The number of carboxylic acids is 2. The van der Waals surface area contributed by atoms with E-state index in [0.29, 0.717) is 32.2 Å². The number of hydrogen-bond acceptors (Lipinski definition) is 12. The van der Waals surface area contributed by atoms with Crippen molar-refractivity contribution >= 4 is 47.4 Å². The second-order valence-corrected chi connectivity index (χ2v) is 13.0. The molecule has 6 amide bonds. The lowest BCUT2D eigenvalue weighted by molar-refractivity contribution is -0.141. The largest absolute Gasteiger partial charge is 0.481 e. The summed E-state index contributed by atoms with van der Waals surface area (Å²) in [6.45, 7) is 6.09. The molecular formula is C32H59N9O11. The van der Waals surface area contributed by atoms with Crippen molar-refractivity contribution in [3.8, 4) is 0 Å². The number of hydrogen-bond donors (Lipinski definition) is 12. The maximum absolute atomic E-state index is 13.5. The second kappa shape index (κ2) is 25.5. The molecule has 20 nitrogen and oxygen atoms in total. The second-order valence-electron chi connectivity index (χ2n) is 13.0. The van der Waals surface area contributed by atoms with Gasteiger partial charge in [0.25, 0.3) is 0 Å². The summed E-state index contributed by atoms with van der Waals surface area (Å²) in [6.07, 6.45) is -0.0197. The van der Waals surface area contributed by atoms with Crippen LogP contribution < -0.4 is 49.1 Å². The third-order valence-electron chi connectivity index (χ3n) is 7.74. The van der Waals surface area contributed by atoms with Crippen LogP contribution in [0.15, 0.2) is 0 Å². The van der Waals surface area contributed by atoms with Gasteiger partial charge in [-0.15, -0.1) is 0 Å². The molecule has 0 aliphatic carbocycles. The lowest BCUT2D eigenvalue weighted by Crippen LogP contribution is -2.61. The van der Waals surface area contributed by atoms with Crippen LogP contribution in [-0.4, -0.2) is 125 Å². The first-order chi connectivity index (χ1) is 24.3. The summed E-state index contributed by atoms with van der Waals surface area (Å²) < 4.78 is 0. The Morgan fingerprint density at radius 2 is 1.12 bits per heavy atom. The van der Waals surface area contributed by atoms with E-state index in [9.17, 15) is 43.5 Å². The molecule has 0 rings (SSSR count). The summed E-state index contributed by atoms with van der Waals surface area (Å²) >= 11 is 0. The molecule has 52 heavy (non-hydrogen) atoms. The van der Waals surface area contributed by atoms with Gasteiger partial charge in [-0.3, -0.25) is 38.4 Å². The summed E-state index contributed by atoms with van der Waals surface area (Å²) in [6, 6.07) is -7.67. The fraction of sp³-hybridized carbons (Fsp3) is 0.750. The van der Waals surface area contributed by atoms with Crippen LogP contribution in [0.1, 0.15) is 85.5 Å². The predicted octanol–water partition coefficient (Wildman–Crippen LogP) is -3.49. The Morgan fingerprint density at radius 3 is 1.58 bits per heavy atom. The van der Waals surface area contributed by atoms with E-state index in [1.54, 1.807) is 13.8 Å². The molecule has 0 fully saturated rings. The van der Waals surface area contributed by atoms with Crippen molar-refractivity contribution in [2.75, 3.05) is 19.6 Å². The molecule has 0 aliphatic heterocycles. The number of nitrogens with two attached hydrogens (primary N) is 3. The van der Waals surface area contributed by atoms with E-state index in [0.717, 1.165) is 0 Å². The molecule has 0 aromatic carbocycles. The van der Waals surface area contributed by atoms with Crippen LogP contribution in [0.25, 0.3) is 0 Å². The van der Waals surface area contributed by atoms with Gasteiger partial charge in [0.1, 0.15) is 30.2 Å². The standard InChI is InChI=1S/C32H59N9O11/c1-17(2)15-23(28(47)36-16-24(43)37-18(3)32(51)52)40-29(48)21(9-5-7-13-33)39-31(50)26(19(4)42)41-30(49)22(10-6-8-14-34)38-27(46)20(35)11-12-25(44)45/h17-23,26,42H,5-16,33-35H2,1-4H3,(H,36,47)(H,37,43)(H,38,46)(H,39,50)(H,40,48)(H,41,49)(H,44,45)(H,51,52)/t18-,19+,20-,21-,22-,23-,26-/m0/s1. The fourth-order valence-electron chi connectivity index (χ4n) is 4.75. The molecule has 0 aromatic heterocycles. The highest BCUT2D eigenvalue weighted by Crippen LogP contribution is 2.09. The molecule has 0 saturated heterocycles. The van der Waals surface area contributed by atoms with Crippen molar-refractivity contribution in [3.05, 3.63) is 0 Å². The van der Waals surface area contributed by atoms with Crippen LogP contribution in [-0.2, 0) is 38.4 Å². The van der Waals surface area contributed by atoms with Crippen molar-refractivity contribution in [2.24, 2.45) is 23.1 Å². The first kappa shape index (κ1) is 47.6. The SMILES string of the molecule is CC(C)C[C@H](NC(=O)[C@H](CCCCN)NC(=O)[C@@H](NC(=O)[C@H](CCCCN)NC(=O)[C@@H](N)CCC(=O)O)[C@@H](C)O)C(=O)NCC(=O)N[C@@H](C)C(=O)O. The number of aliphatic hydroxyl groups excluding tert-OH is 1. The van der Waals surface area contributed by atoms with Crippen LogP contribution in [0, 0.1) is 5.92 Å². The average molecular weight is 746 g/mol. The smallest absolute Gasteiger partial charge is 0.325 e. The van der Waals surface area contributed by atoms with Crippen molar-refractivity contribution in [3.63, 3.8) is 0 Å². The van der Waals surface area contributed by atoms with Gasteiger partial charge in [-0.1, -0.05) is 13.8 Å². The van der Waals surface area contributed by atoms with Crippen molar-refractivity contribution < 1.29 is 53.7 Å². The summed E-state index contributed by atoms with van der Waals surface area (Å²) in [5.41, 5.74) is 17.0. The maximum Gasteiger partial charge on any atom is 0.325 e. The maximum atomic E-state index is 13.5. The summed E-state index contributed by atoms with van der Waals surface area (Å²) in [5, 5.41) is 42.9. The zero-order valence-electron chi connectivity index (χ0n) is 30.4. The fourth-order valence-corrected chi connectivity index (χ4v) is 4.75. The molecule has 0 aromatic rings. The van der Waals surface area contributed by atoms with E-state index >= 15 is 0 Å². The number of carbonyl (C=O) groups excluding carboxylic acids is 6. The van der Waals surface area contributed by atoms with Gasteiger partial charge in [0, 0.05) is 6.42 Å². The molecule has 0 radical (unpaired) electrons. The van der Waals surface area contributed by atoms with Gasteiger partial charge in [0.15, 0.2) is 0 Å². The van der Waals surface area contributed by atoms with Crippen LogP contribution in [0.5, 0.6) is 0 Å². The number of nitrogens with one attached hydrogen (secondary N) is 6. The Labute approximate surface area is 303 Å². The van der Waals surface area contributed by atoms with E-state index in [1.807, 2.05) is 0 Å². The van der Waals surface area contributed by atoms with Gasteiger partial charge in [0.2, 0.25) is 35.4 Å². The molecule has 298 valence electrons. The Bertz CT molecular complexity index is 1200. The third kappa shape index (κ3) is 19.8. The minimum atomic E-state index is -1.60. The van der Waals surface area contributed by atoms with Crippen LogP contribution in [0.3, 0.4) is 0 Å². The first-order valence-corrected chi connectivity index (χ1v) is 17.4. The van der Waals surface area contributed by atoms with E-state index in [1.165, 1.54) is 13.8 Å². The molecule has 0 heterocycles. The molecule has 0 bridgehead atoms. The molecule has 0 unspecified atom stereocenters. The molecular weight excluding hydrogens is 686 g/mol. The van der Waals surface area contributed by atoms with Gasteiger partial charge in [-0.2, -0.15) is 0 Å². The Balaban J connectivity index is 5.97. The van der Waals surface area contributed by atoms with Crippen molar-refractivity contribution in [1.82, 2.24) is 31.9 Å². The number of aliphatic carboxylic acids is 2. The number of rotatable bonds is 27. The van der Waals surface area contributed by atoms with Gasteiger partial charge >= 0.3 is 11.9 Å². The molecule has 0 spiro atoms. The van der Waals surface area contributed by atoms with Crippen LogP contribution in [0.4, 0.5) is 0 Å². The van der Waals surface area contributed by atoms with Gasteiger partial charge in [-0.05, 0) is 84.2 Å². The monoisotopic (exact) mass is 745 g/mol. The van der Waals surface area contributed by atoms with E-state index < -0.39 is 96.3 Å². The number of carboxylic acid groups (broad SMARTS) is 2. The topological polar surface area (TPSA) is 347 Å². The summed E-state index contributed by atoms with van der Waals surface area (Å²) in [4.78, 5) is 100. The Kier molecular flexibility index (Phi) is 23.4. The molecule has 15 N–H and O–H groups in total. The van der Waals surface area contributed by atoms with Crippen molar-refractivity contribution in [1.29, 1.82) is 0 Å². The van der Waals surface area contributed by atoms with Gasteiger partial charge in [0.05, 0.1) is 18.7 Å². The number of aliphatic hydroxyl groups is 1. The average Bonchev–Trinajstić information content (AvgIpc) is 3.06. The summed E-state index contributed by atoms with van der Waals surface area (Å²) in [5.74, 6) is -7.39. The quantitative estimate of drug-likeness (QED) is 0.0363. The van der Waals surface area contributed by atoms with Gasteiger partial charge < -0.3 is 64.4 Å². The Hall–Kier alpha value is -4.40. The molecule has 0 aliphatic rings. The van der Waals surface area contributed by atoms with E-state index in [2.05, 4.69) is 31.9 Å². The normalized spacial score (nSPS) is 15.1. The zero-order valence-corrected chi connectivity index (χ0v) is 30.4. The Morgan fingerprint density at radius 1 is 0.615 bits per heavy atom. The van der Waals surface area contributed by atoms with Crippen LogP contribution >= 0.6 is 0 Å². The molecule has 7 atom stereocenters. The molecule has 0 saturated carbocycles. The highest BCUT2D eigenvalue weighted by molar-refractivity contribution is 5.96. The number of amides is 6. The highest BCUT2D eigenvalue weighted by atomic mass is 16.4. The first-order valence-electron chi connectivity index (χ1n) is 17.4. The third-order valence-corrected chi connectivity index (χ3v) is 7.74. The zero-order chi connectivity index (χ0) is 40.0. The van der Waals surface area contributed by atoms with Crippen molar-refractivity contribution in [2.45, 2.75) is 128 Å². The lowest BCUT2D eigenvalue weighted by Gasteiger charge is -2.28. The number of unbranched alkanes of at least 4 members (excludes halogenated alkanes) is 2. The summed E-state index contributed by atoms with van der Waals surface area (Å²) in [7, 11) is 0. The highest BCUT2D eigenvalue weighted by Gasteiger charge is 2.34. The molecule has 20 heteroatoms.